The van der Waals surface area contributed by atoms with Gasteiger partial charge < -0.3 is 25.4 Å². The van der Waals surface area contributed by atoms with Gasteiger partial charge in [-0.2, -0.15) is 0 Å². The van der Waals surface area contributed by atoms with Crippen LogP contribution in [0, 0.1) is 0 Å². The number of aromatic nitrogens is 1. The average Bonchev–Trinajstić information content (AvgIpc) is 3.24. The van der Waals surface area contributed by atoms with Crippen LogP contribution in [0.3, 0.4) is 0 Å². The Morgan fingerprint density at radius 3 is 2.54 bits per heavy atom. The molecule has 0 saturated carbocycles. The van der Waals surface area contributed by atoms with Crippen molar-refractivity contribution in [2.45, 2.75) is 37.0 Å². The maximum atomic E-state index is 12.8. The molecule has 3 N–H and O–H groups in total. The molecule has 0 aliphatic carbocycles. The molecule has 8 heteroatoms. The molecule has 3 saturated heterocycles. The Hall–Kier alpha value is -2.35. The molecule has 0 radical (unpaired) electrons. The summed E-state index contributed by atoms with van der Waals surface area (Å²) in [5, 5.41) is 2.93. The van der Waals surface area contributed by atoms with Gasteiger partial charge in [0.05, 0.1) is 6.04 Å². The molecule has 3 aliphatic rings. The van der Waals surface area contributed by atoms with E-state index in [2.05, 4.69) is 5.32 Å². The van der Waals surface area contributed by atoms with Gasteiger partial charge >= 0.3 is 0 Å². The van der Waals surface area contributed by atoms with E-state index in [0.29, 0.717) is 31.6 Å². The summed E-state index contributed by atoms with van der Waals surface area (Å²) in [6, 6.07) is 1.73. The molecule has 4 rings (SSSR count). The third-order valence-corrected chi connectivity index (χ3v) is 5.41. The van der Waals surface area contributed by atoms with Crippen molar-refractivity contribution in [3.63, 3.8) is 0 Å². The van der Waals surface area contributed by atoms with Crippen LogP contribution >= 0.6 is 0 Å². The zero-order valence-corrected chi connectivity index (χ0v) is 13.5. The predicted molar refractivity (Wildman–Crippen MR) is 84.9 cm³/mol. The molecule has 3 aliphatic heterocycles. The lowest BCUT2D eigenvalue weighted by Crippen LogP contribution is -2.66. The zero-order valence-electron chi connectivity index (χ0n) is 13.5. The molecule has 4 unspecified atom stereocenters. The van der Waals surface area contributed by atoms with Crippen LogP contribution < -0.4 is 11.1 Å². The van der Waals surface area contributed by atoms with Crippen LogP contribution in [-0.2, 0) is 16.6 Å². The topological polar surface area (TPSA) is 101 Å². The molecule has 0 spiro atoms. The smallest absolute Gasteiger partial charge is 0.268 e. The summed E-state index contributed by atoms with van der Waals surface area (Å²) in [5.41, 5.74) is 6.54. The largest absolute Gasteiger partial charge is 0.347 e. The average molecular weight is 331 g/mol. The van der Waals surface area contributed by atoms with Crippen LogP contribution in [0.4, 0.5) is 0 Å². The monoisotopic (exact) mass is 331 g/mol. The minimum atomic E-state index is -0.608. The summed E-state index contributed by atoms with van der Waals surface area (Å²) in [6.45, 7) is 0.990. The van der Waals surface area contributed by atoms with Gasteiger partial charge in [-0.15, -0.1) is 0 Å². The Morgan fingerprint density at radius 2 is 1.83 bits per heavy atom. The van der Waals surface area contributed by atoms with Crippen LogP contribution in [-0.4, -0.2) is 69.3 Å². The number of nitrogens with zero attached hydrogens (tertiary/aromatic N) is 3. The molecule has 3 fully saturated rings. The number of rotatable bonds is 2. The number of fused-ring (bicyclic) bond motifs is 2. The SMILES string of the molecule is Cn1cccc1C(=O)NC1CCN2C(=O)C3C(N)CCN3C(=O)C12. The lowest BCUT2D eigenvalue weighted by molar-refractivity contribution is -0.157. The van der Waals surface area contributed by atoms with E-state index in [1.54, 1.807) is 39.7 Å². The van der Waals surface area contributed by atoms with Gasteiger partial charge in [0.2, 0.25) is 11.8 Å². The van der Waals surface area contributed by atoms with E-state index in [0.717, 1.165) is 0 Å². The van der Waals surface area contributed by atoms with Gasteiger partial charge in [-0.25, -0.2) is 0 Å². The highest BCUT2D eigenvalue weighted by Gasteiger charge is 2.55. The van der Waals surface area contributed by atoms with E-state index >= 15 is 0 Å². The highest BCUT2D eigenvalue weighted by atomic mass is 16.2. The molecule has 128 valence electrons. The van der Waals surface area contributed by atoms with Gasteiger partial charge in [0.25, 0.3) is 5.91 Å². The minimum absolute atomic E-state index is 0.0831. The summed E-state index contributed by atoms with van der Waals surface area (Å²) >= 11 is 0. The van der Waals surface area contributed by atoms with Gasteiger partial charge in [0.15, 0.2) is 0 Å². The van der Waals surface area contributed by atoms with Gasteiger partial charge in [-0.3, -0.25) is 14.4 Å². The Balaban J connectivity index is 1.56. The van der Waals surface area contributed by atoms with Crippen LogP contribution in [0.25, 0.3) is 0 Å². The fourth-order valence-electron chi connectivity index (χ4n) is 4.16. The lowest BCUT2D eigenvalue weighted by Gasteiger charge is -2.41. The molecule has 4 atom stereocenters. The zero-order chi connectivity index (χ0) is 17.0. The summed E-state index contributed by atoms with van der Waals surface area (Å²) in [4.78, 5) is 41.2. The van der Waals surface area contributed by atoms with E-state index in [1.807, 2.05) is 0 Å². The summed E-state index contributed by atoms with van der Waals surface area (Å²) in [6.07, 6.45) is 3.01. The van der Waals surface area contributed by atoms with Crippen molar-refractivity contribution in [1.29, 1.82) is 0 Å². The third-order valence-electron chi connectivity index (χ3n) is 5.41. The minimum Gasteiger partial charge on any atom is -0.347 e. The molecule has 3 amide bonds. The number of piperazine rings is 1. The second kappa shape index (κ2) is 5.34. The number of hydrogen-bond donors (Lipinski definition) is 2. The van der Waals surface area contributed by atoms with Crippen LogP contribution in [0.2, 0.25) is 0 Å². The third kappa shape index (κ3) is 2.06. The molecule has 0 bridgehead atoms. The maximum Gasteiger partial charge on any atom is 0.268 e. The van der Waals surface area contributed by atoms with Crippen LogP contribution in [0.15, 0.2) is 18.3 Å². The molecule has 4 heterocycles. The fourth-order valence-corrected chi connectivity index (χ4v) is 4.16. The molecule has 8 nitrogen and oxygen atoms in total. The van der Waals surface area contributed by atoms with Crippen LogP contribution in [0.5, 0.6) is 0 Å². The highest BCUT2D eigenvalue weighted by molar-refractivity contribution is 6.00. The number of aryl methyl sites for hydroxylation is 1. The van der Waals surface area contributed by atoms with Gasteiger partial charge in [-0.05, 0) is 25.0 Å². The first-order chi connectivity index (χ1) is 11.5. The summed E-state index contributed by atoms with van der Waals surface area (Å²) < 4.78 is 1.73. The number of amides is 3. The molecule has 24 heavy (non-hydrogen) atoms. The first-order valence-electron chi connectivity index (χ1n) is 8.28. The standard InChI is InChI=1S/C16H21N5O3/c1-19-6-2-3-11(19)14(22)18-10-5-8-21-13(10)16(24)20-7-4-9(17)12(20)15(21)23/h2-3,6,9-10,12-13H,4-5,7-8,17H2,1H3,(H,18,22). The van der Waals surface area contributed by atoms with Crippen molar-refractivity contribution < 1.29 is 14.4 Å². The molecular formula is C16H21N5O3. The number of nitrogens with two attached hydrogens (primary N) is 1. The molecule has 1 aromatic heterocycles. The second-order valence-electron chi connectivity index (χ2n) is 6.78. The second-order valence-corrected chi connectivity index (χ2v) is 6.78. The first kappa shape index (κ1) is 15.2. The van der Waals surface area contributed by atoms with Gasteiger partial charge in [-0.1, -0.05) is 0 Å². The summed E-state index contributed by atoms with van der Waals surface area (Å²) in [7, 11) is 1.79. The van der Waals surface area contributed by atoms with Crippen molar-refractivity contribution in [1.82, 2.24) is 19.7 Å². The highest BCUT2D eigenvalue weighted by Crippen LogP contribution is 2.32. The van der Waals surface area contributed by atoms with E-state index in [1.165, 1.54) is 0 Å². The van der Waals surface area contributed by atoms with Gasteiger partial charge in [0, 0.05) is 32.4 Å². The van der Waals surface area contributed by atoms with Crippen molar-refractivity contribution in [2.75, 3.05) is 13.1 Å². The number of carbonyl (C=O) groups excluding carboxylic acids is 3. The predicted octanol–water partition coefficient (Wildman–Crippen LogP) is -1.33. The number of carbonyl (C=O) groups is 3. The van der Waals surface area contributed by atoms with E-state index in [9.17, 15) is 14.4 Å². The lowest BCUT2D eigenvalue weighted by atomic mass is 10.0. The quantitative estimate of drug-likeness (QED) is 0.701. The maximum absolute atomic E-state index is 12.8. The number of hydrogen-bond acceptors (Lipinski definition) is 4. The number of nitrogens with one attached hydrogen (secondary N) is 1. The first-order valence-corrected chi connectivity index (χ1v) is 8.28. The Labute approximate surface area is 139 Å². The van der Waals surface area contributed by atoms with Crippen LogP contribution in [0.1, 0.15) is 23.3 Å². The summed E-state index contributed by atoms with van der Waals surface area (Å²) in [5.74, 6) is -0.405. The van der Waals surface area contributed by atoms with E-state index in [-0.39, 0.29) is 29.8 Å². The van der Waals surface area contributed by atoms with Crippen molar-refractivity contribution >= 4 is 17.7 Å². The van der Waals surface area contributed by atoms with E-state index in [4.69, 9.17) is 5.73 Å². The fraction of sp³-hybridized carbons (Fsp3) is 0.562. The van der Waals surface area contributed by atoms with Crippen molar-refractivity contribution in [3.8, 4) is 0 Å². The Morgan fingerprint density at radius 1 is 1.17 bits per heavy atom. The van der Waals surface area contributed by atoms with Gasteiger partial charge in [0.1, 0.15) is 17.8 Å². The Bertz CT molecular complexity index is 714. The molecular weight excluding hydrogens is 310 g/mol. The van der Waals surface area contributed by atoms with Crippen molar-refractivity contribution in [3.05, 3.63) is 24.0 Å². The molecule has 0 aromatic carbocycles. The van der Waals surface area contributed by atoms with E-state index < -0.39 is 12.1 Å². The van der Waals surface area contributed by atoms with Crippen molar-refractivity contribution in [2.24, 2.45) is 12.8 Å². The molecule has 1 aromatic rings. The normalized spacial score (nSPS) is 32.1. The Kier molecular flexibility index (Phi) is 3.38.